The third-order valence-corrected chi connectivity index (χ3v) is 4.80. The monoisotopic (exact) mass is 284 g/mol. The molecule has 0 aliphatic rings. The number of thiazole rings is 1. The van der Waals surface area contributed by atoms with Gasteiger partial charge in [0, 0.05) is 29.5 Å². The molecule has 2 unspecified atom stereocenters. The van der Waals surface area contributed by atoms with E-state index in [-0.39, 0.29) is 11.5 Å². The fourth-order valence-electron chi connectivity index (χ4n) is 1.91. The van der Waals surface area contributed by atoms with Crippen molar-refractivity contribution < 1.29 is 4.74 Å². The zero-order valence-electron chi connectivity index (χ0n) is 13.3. The highest BCUT2D eigenvalue weighted by molar-refractivity contribution is 7.12. The largest absolute Gasteiger partial charge is 0.377 e. The smallest absolute Gasteiger partial charge is 0.0985 e. The lowest BCUT2D eigenvalue weighted by atomic mass is 9.98. The molecular formula is C15H28N2OS. The normalized spacial score (nSPS) is 15.5. The average molecular weight is 284 g/mol. The maximum atomic E-state index is 5.54. The quantitative estimate of drug-likeness (QED) is 0.862. The van der Waals surface area contributed by atoms with Crippen LogP contribution in [0.4, 0.5) is 0 Å². The van der Waals surface area contributed by atoms with Gasteiger partial charge in [0.05, 0.1) is 16.8 Å². The van der Waals surface area contributed by atoms with E-state index >= 15 is 0 Å². The van der Waals surface area contributed by atoms with Crippen molar-refractivity contribution >= 4 is 11.3 Å². The first-order chi connectivity index (χ1) is 8.75. The molecule has 0 aliphatic heterocycles. The lowest BCUT2D eigenvalue weighted by molar-refractivity contribution is 0.0744. The van der Waals surface area contributed by atoms with Crippen molar-refractivity contribution in [1.29, 1.82) is 0 Å². The van der Waals surface area contributed by atoms with E-state index in [4.69, 9.17) is 9.72 Å². The van der Waals surface area contributed by atoms with E-state index in [2.05, 4.69) is 46.9 Å². The molecule has 0 bridgehead atoms. The summed E-state index contributed by atoms with van der Waals surface area (Å²) in [6.07, 6.45) is 0.253. The second kappa shape index (κ2) is 6.82. The van der Waals surface area contributed by atoms with Gasteiger partial charge in [-0.2, -0.15) is 0 Å². The van der Waals surface area contributed by atoms with Gasteiger partial charge in [-0.1, -0.05) is 20.8 Å². The Hall–Kier alpha value is -0.450. The molecule has 2 atom stereocenters. The van der Waals surface area contributed by atoms with Crippen molar-refractivity contribution in [3.8, 4) is 0 Å². The van der Waals surface area contributed by atoms with Crippen LogP contribution in [-0.4, -0.2) is 24.2 Å². The number of aromatic nitrogens is 1. The number of rotatable bonds is 6. The van der Waals surface area contributed by atoms with Gasteiger partial charge in [-0.25, -0.2) is 4.98 Å². The summed E-state index contributed by atoms with van der Waals surface area (Å²) < 4.78 is 5.54. The third-order valence-electron chi connectivity index (χ3n) is 3.03. The molecule has 0 amide bonds. The van der Waals surface area contributed by atoms with Gasteiger partial charge in [0.25, 0.3) is 0 Å². The highest BCUT2D eigenvalue weighted by atomic mass is 32.1. The zero-order chi connectivity index (χ0) is 14.6. The van der Waals surface area contributed by atoms with Gasteiger partial charge in [-0.3, -0.25) is 0 Å². The summed E-state index contributed by atoms with van der Waals surface area (Å²) >= 11 is 1.83. The van der Waals surface area contributed by atoms with Crippen molar-refractivity contribution in [1.82, 2.24) is 10.3 Å². The van der Waals surface area contributed by atoms with E-state index < -0.39 is 0 Å². The molecule has 1 aromatic rings. The van der Waals surface area contributed by atoms with Crippen LogP contribution in [0.25, 0.3) is 0 Å². The summed E-state index contributed by atoms with van der Waals surface area (Å²) in [6.45, 7) is 16.7. The van der Waals surface area contributed by atoms with Crippen LogP contribution >= 0.6 is 11.3 Å². The third kappa shape index (κ3) is 4.86. The molecule has 0 saturated heterocycles. The number of nitrogens with zero attached hydrogens (tertiary/aromatic N) is 1. The fraction of sp³-hybridized carbons (Fsp3) is 0.800. The predicted molar refractivity (Wildman–Crippen MR) is 83.1 cm³/mol. The van der Waals surface area contributed by atoms with E-state index in [1.54, 1.807) is 0 Å². The average Bonchev–Trinajstić information content (AvgIpc) is 2.68. The first kappa shape index (κ1) is 16.6. The lowest BCUT2D eigenvalue weighted by Crippen LogP contribution is -2.29. The number of nitrogens with one attached hydrogen (secondary N) is 1. The maximum Gasteiger partial charge on any atom is 0.0985 e. The minimum Gasteiger partial charge on any atom is -0.377 e. The first-order valence-electron chi connectivity index (χ1n) is 7.08. The standard InChI is InChI=1S/C15H28N2OS/c1-8-18-10(2)9-16-11(3)13-12(4)17-14(19-13)15(5,6)7/h10-11,16H,8-9H2,1-7H3. The van der Waals surface area contributed by atoms with Crippen LogP contribution in [0, 0.1) is 6.92 Å². The van der Waals surface area contributed by atoms with E-state index in [9.17, 15) is 0 Å². The molecular weight excluding hydrogens is 256 g/mol. The molecule has 0 aliphatic carbocycles. The second-order valence-corrected chi connectivity index (χ2v) is 7.15. The first-order valence-corrected chi connectivity index (χ1v) is 7.90. The molecule has 1 aromatic heterocycles. The van der Waals surface area contributed by atoms with Crippen LogP contribution in [0.15, 0.2) is 0 Å². The fourth-order valence-corrected chi connectivity index (χ4v) is 3.06. The van der Waals surface area contributed by atoms with Gasteiger partial charge >= 0.3 is 0 Å². The van der Waals surface area contributed by atoms with Crippen LogP contribution in [0.5, 0.6) is 0 Å². The SMILES string of the molecule is CCOC(C)CNC(C)c1sc(C(C)(C)C)nc1C. The van der Waals surface area contributed by atoms with Crippen molar-refractivity contribution in [3.63, 3.8) is 0 Å². The Balaban J connectivity index is 2.67. The van der Waals surface area contributed by atoms with Crippen molar-refractivity contribution in [3.05, 3.63) is 15.6 Å². The van der Waals surface area contributed by atoms with E-state index in [0.29, 0.717) is 6.04 Å². The summed E-state index contributed by atoms with van der Waals surface area (Å²) in [7, 11) is 0. The van der Waals surface area contributed by atoms with Gasteiger partial charge in [0.1, 0.15) is 0 Å². The highest BCUT2D eigenvalue weighted by Gasteiger charge is 2.22. The summed E-state index contributed by atoms with van der Waals surface area (Å²) in [4.78, 5) is 6.05. The Labute approximate surface area is 121 Å². The Morgan fingerprint density at radius 2 is 1.95 bits per heavy atom. The molecule has 4 heteroatoms. The number of ether oxygens (including phenoxy) is 1. The molecule has 0 fully saturated rings. The van der Waals surface area contributed by atoms with Gasteiger partial charge in [-0.15, -0.1) is 11.3 Å². The van der Waals surface area contributed by atoms with Gasteiger partial charge < -0.3 is 10.1 Å². The van der Waals surface area contributed by atoms with Crippen LogP contribution in [-0.2, 0) is 10.2 Å². The summed E-state index contributed by atoms with van der Waals surface area (Å²) in [5.41, 5.74) is 1.28. The van der Waals surface area contributed by atoms with Crippen LogP contribution < -0.4 is 5.32 Å². The van der Waals surface area contributed by atoms with Gasteiger partial charge in [0.2, 0.25) is 0 Å². The Morgan fingerprint density at radius 1 is 1.32 bits per heavy atom. The molecule has 3 nitrogen and oxygen atoms in total. The molecule has 0 radical (unpaired) electrons. The second-order valence-electron chi connectivity index (χ2n) is 6.11. The molecule has 1 rings (SSSR count). The molecule has 0 spiro atoms. The predicted octanol–water partition coefficient (Wildman–Crippen LogP) is 3.82. The van der Waals surface area contributed by atoms with E-state index in [0.717, 1.165) is 18.8 Å². The summed E-state index contributed by atoms with van der Waals surface area (Å²) in [6, 6.07) is 0.330. The molecule has 1 N–H and O–H groups in total. The number of aryl methyl sites for hydroxylation is 1. The van der Waals surface area contributed by atoms with Crippen LogP contribution in [0.3, 0.4) is 0 Å². The molecule has 0 saturated carbocycles. The topological polar surface area (TPSA) is 34.1 Å². The minimum atomic E-state index is 0.131. The molecule has 19 heavy (non-hydrogen) atoms. The maximum absolute atomic E-state index is 5.54. The lowest BCUT2D eigenvalue weighted by Gasteiger charge is -2.17. The summed E-state index contributed by atoms with van der Waals surface area (Å²) in [5.74, 6) is 0. The van der Waals surface area contributed by atoms with Crippen LogP contribution in [0.2, 0.25) is 0 Å². The Morgan fingerprint density at radius 3 is 2.42 bits per heavy atom. The van der Waals surface area contributed by atoms with Gasteiger partial charge in [0.15, 0.2) is 0 Å². The van der Waals surface area contributed by atoms with Crippen molar-refractivity contribution in [2.75, 3.05) is 13.2 Å². The highest BCUT2D eigenvalue weighted by Crippen LogP contribution is 2.32. The minimum absolute atomic E-state index is 0.131. The van der Waals surface area contributed by atoms with E-state index in [1.165, 1.54) is 9.88 Å². The van der Waals surface area contributed by atoms with Gasteiger partial charge in [-0.05, 0) is 27.7 Å². The Bertz CT molecular complexity index is 395. The number of hydrogen-bond acceptors (Lipinski definition) is 4. The van der Waals surface area contributed by atoms with E-state index in [1.807, 2.05) is 18.3 Å². The molecule has 0 aromatic carbocycles. The zero-order valence-corrected chi connectivity index (χ0v) is 14.1. The number of hydrogen-bond donors (Lipinski definition) is 1. The van der Waals surface area contributed by atoms with Crippen molar-refractivity contribution in [2.24, 2.45) is 0 Å². The van der Waals surface area contributed by atoms with Crippen molar-refractivity contribution in [2.45, 2.75) is 66.0 Å². The molecule has 1 heterocycles. The van der Waals surface area contributed by atoms with Crippen LogP contribution in [0.1, 0.15) is 63.2 Å². The summed E-state index contributed by atoms with van der Waals surface area (Å²) in [5, 5.41) is 4.75. The Kier molecular flexibility index (Phi) is 5.96. The molecule has 110 valence electrons.